The molecule has 1 N–H and O–H groups in total. The van der Waals surface area contributed by atoms with Crippen LogP contribution in [-0.4, -0.2) is 17.0 Å². The molecule has 0 radical (unpaired) electrons. The Hall–Kier alpha value is -0.630. The molecule has 0 heterocycles. The highest BCUT2D eigenvalue weighted by Crippen LogP contribution is 2.18. The average molecular weight is 140 g/mol. The van der Waals surface area contributed by atoms with Crippen LogP contribution >= 0.6 is 0 Å². The van der Waals surface area contributed by atoms with Gasteiger partial charge >= 0.3 is 0 Å². The molecule has 2 heteroatoms. The van der Waals surface area contributed by atoms with Crippen LogP contribution in [0.15, 0.2) is 11.6 Å². The normalized spacial score (nSPS) is 25.8. The monoisotopic (exact) mass is 140 g/mol. The van der Waals surface area contributed by atoms with Crippen LogP contribution in [0.2, 0.25) is 0 Å². The highest BCUT2D eigenvalue weighted by atomic mass is 16.3. The molecule has 1 aliphatic rings. The fraction of sp³-hybridized carbons (Fsp3) is 0.625. The van der Waals surface area contributed by atoms with Crippen LogP contribution < -0.4 is 0 Å². The van der Waals surface area contributed by atoms with Crippen LogP contribution in [0.4, 0.5) is 0 Å². The van der Waals surface area contributed by atoms with Gasteiger partial charge in [-0.15, -0.1) is 0 Å². The van der Waals surface area contributed by atoms with Crippen LogP contribution in [0.5, 0.6) is 0 Å². The highest BCUT2D eigenvalue weighted by Gasteiger charge is 2.13. The lowest BCUT2D eigenvalue weighted by Gasteiger charge is -2.14. The Kier molecular flexibility index (Phi) is 2.22. The van der Waals surface area contributed by atoms with Crippen molar-refractivity contribution in [2.24, 2.45) is 0 Å². The van der Waals surface area contributed by atoms with Crippen molar-refractivity contribution in [3.63, 3.8) is 0 Å². The number of carbonyl (C=O) groups is 1. The third-order valence-corrected chi connectivity index (χ3v) is 1.84. The molecule has 0 fully saturated rings. The van der Waals surface area contributed by atoms with Gasteiger partial charge in [-0.1, -0.05) is 6.08 Å². The van der Waals surface area contributed by atoms with E-state index in [2.05, 4.69) is 0 Å². The van der Waals surface area contributed by atoms with Crippen LogP contribution in [-0.2, 0) is 4.79 Å². The van der Waals surface area contributed by atoms with Crippen molar-refractivity contribution in [3.05, 3.63) is 11.6 Å². The standard InChI is InChI=1S/C8H12O2/c1-6(9)7-2-4-8(10)5-3-7/h2,8,10H,3-5H2,1H3. The maximum Gasteiger partial charge on any atom is 0.155 e. The molecule has 0 saturated heterocycles. The Morgan fingerprint density at radius 2 is 2.50 bits per heavy atom. The number of hydrogen-bond acceptors (Lipinski definition) is 2. The van der Waals surface area contributed by atoms with Crippen molar-refractivity contribution in [2.75, 3.05) is 0 Å². The second kappa shape index (κ2) is 2.97. The minimum absolute atomic E-state index is 0.145. The number of carbonyl (C=O) groups excluding carboxylic acids is 1. The topological polar surface area (TPSA) is 37.3 Å². The summed E-state index contributed by atoms with van der Waals surface area (Å²) < 4.78 is 0. The van der Waals surface area contributed by atoms with E-state index in [0.717, 1.165) is 18.4 Å². The van der Waals surface area contributed by atoms with Gasteiger partial charge in [-0.25, -0.2) is 0 Å². The van der Waals surface area contributed by atoms with E-state index in [0.29, 0.717) is 6.42 Å². The minimum atomic E-state index is -0.219. The first-order valence-electron chi connectivity index (χ1n) is 3.58. The van der Waals surface area contributed by atoms with E-state index in [1.807, 2.05) is 6.08 Å². The zero-order valence-corrected chi connectivity index (χ0v) is 6.13. The molecule has 1 unspecified atom stereocenters. The highest BCUT2D eigenvalue weighted by molar-refractivity contribution is 5.93. The minimum Gasteiger partial charge on any atom is -0.393 e. The predicted molar refractivity (Wildman–Crippen MR) is 38.6 cm³/mol. The molecule has 0 aromatic rings. The summed E-state index contributed by atoms with van der Waals surface area (Å²) in [4.78, 5) is 10.8. The van der Waals surface area contributed by atoms with E-state index < -0.39 is 0 Å². The summed E-state index contributed by atoms with van der Waals surface area (Å²) in [5.74, 6) is 0.145. The average Bonchev–Trinajstić information content (AvgIpc) is 1.88. The lowest BCUT2D eigenvalue weighted by atomic mass is 9.95. The van der Waals surface area contributed by atoms with Crippen LogP contribution in [0, 0.1) is 0 Å². The van der Waals surface area contributed by atoms with Gasteiger partial charge in [0.1, 0.15) is 0 Å². The summed E-state index contributed by atoms with van der Waals surface area (Å²) in [6.45, 7) is 1.57. The largest absolute Gasteiger partial charge is 0.393 e. The van der Waals surface area contributed by atoms with E-state index >= 15 is 0 Å². The first-order chi connectivity index (χ1) is 4.70. The van der Waals surface area contributed by atoms with Crippen molar-refractivity contribution < 1.29 is 9.90 Å². The van der Waals surface area contributed by atoms with Gasteiger partial charge in [-0.3, -0.25) is 4.79 Å². The van der Waals surface area contributed by atoms with E-state index in [1.165, 1.54) is 0 Å². The van der Waals surface area contributed by atoms with Gasteiger partial charge in [-0.05, 0) is 31.8 Å². The lowest BCUT2D eigenvalue weighted by Crippen LogP contribution is -2.12. The van der Waals surface area contributed by atoms with Gasteiger partial charge in [0.05, 0.1) is 6.10 Å². The van der Waals surface area contributed by atoms with Crippen LogP contribution in [0.1, 0.15) is 26.2 Å². The van der Waals surface area contributed by atoms with E-state index in [-0.39, 0.29) is 11.9 Å². The molecule has 56 valence electrons. The molecule has 0 saturated carbocycles. The summed E-state index contributed by atoms with van der Waals surface area (Å²) in [6, 6.07) is 0. The summed E-state index contributed by atoms with van der Waals surface area (Å²) >= 11 is 0. The fourth-order valence-corrected chi connectivity index (χ4v) is 1.14. The number of rotatable bonds is 1. The van der Waals surface area contributed by atoms with Crippen molar-refractivity contribution in [1.29, 1.82) is 0 Å². The molecule has 0 amide bonds. The zero-order valence-electron chi connectivity index (χ0n) is 6.13. The second-order valence-corrected chi connectivity index (χ2v) is 2.71. The molecule has 1 atom stereocenters. The molecular weight excluding hydrogens is 128 g/mol. The third-order valence-electron chi connectivity index (χ3n) is 1.84. The quantitative estimate of drug-likeness (QED) is 0.591. The zero-order chi connectivity index (χ0) is 7.56. The smallest absolute Gasteiger partial charge is 0.155 e. The Bertz CT molecular complexity index is 170. The lowest BCUT2D eigenvalue weighted by molar-refractivity contribution is -0.113. The van der Waals surface area contributed by atoms with Gasteiger partial charge in [-0.2, -0.15) is 0 Å². The summed E-state index contributed by atoms with van der Waals surface area (Å²) in [5.41, 5.74) is 0.880. The van der Waals surface area contributed by atoms with Gasteiger partial charge in [0.25, 0.3) is 0 Å². The fourth-order valence-electron chi connectivity index (χ4n) is 1.14. The molecule has 0 spiro atoms. The van der Waals surface area contributed by atoms with Crippen molar-refractivity contribution >= 4 is 5.78 Å². The number of allylic oxidation sites excluding steroid dienone is 1. The SMILES string of the molecule is CC(=O)C1=CCC(O)CC1. The number of hydrogen-bond donors (Lipinski definition) is 1. The van der Waals surface area contributed by atoms with Crippen LogP contribution in [0.3, 0.4) is 0 Å². The number of aliphatic hydroxyl groups excluding tert-OH is 1. The Morgan fingerprint density at radius 1 is 1.80 bits per heavy atom. The van der Waals surface area contributed by atoms with Crippen molar-refractivity contribution in [1.82, 2.24) is 0 Å². The molecule has 0 aromatic carbocycles. The first kappa shape index (κ1) is 7.48. The maximum absolute atomic E-state index is 10.8. The molecule has 2 nitrogen and oxygen atoms in total. The van der Waals surface area contributed by atoms with E-state index in [9.17, 15) is 4.79 Å². The molecule has 0 aliphatic heterocycles. The van der Waals surface area contributed by atoms with E-state index in [4.69, 9.17) is 5.11 Å². The second-order valence-electron chi connectivity index (χ2n) is 2.71. The molecular formula is C8H12O2. The Labute approximate surface area is 60.6 Å². The molecule has 10 heavy (non-hydrogen) atoms. The maximum atomic E-state index is 10.8. The van der Waals surface area contributed by atoms with Crippen molar-refractivity contribution in [2.45, 2.75) is 32.3 Å². The molecule has 1 aliphatic carbocycles. The summed E-state index contributed by atoms with van der Waals surface area (Å²) in [7, 11) is 0. The molecule has 0 aromatic heterocycles. The number of Topliss-reactive ketones (excluding diaryl/α,β-unsaturated/α-hetero) is 1. The van der Waals surface area contributed by atoms with Gasteiger partial charge in [0, 0.05) is 0 Å². The third kappa shape index (κ3) is 1.67. The first-order valence-corrected chi connectivity index (χ1v) is 3.58. The molecule has 1 rings (SSSR count). The number of ketones is 1. The van der Waals surface area contributed by atoms with Crippen LogP contribution in [0.25, 0.3) is 0 Å². The van der Waals surface area contributed by atoms with Crippen molar-refractivity contribution in [3.8, 4) is 0 Å². The summed E-state index contributed by atoms with van der Waals surface area (Å²) in [6.07, 6.45) is 3.76. The summed E-state index contributed by atoms with van der Waals surface area (Å²) in [5, 5.41) is 9.05. The van der Waals surface area contributed by atoms with Gasteiger partial charge in [0.15, 0.2) is 5.78 Å². The van der Waals surface area contributed by atoms with Gasteiger partial charge < -0.3 is 5.11 Å². The Balaban J connectivity index is 2.56. The predicted octanol–water partition coefficient (Wildman–Crippen LogP) is 1.05. The van der Waals surface area contributed by atoms with E-state index in [1.54, 1.807) is 6.92 Å². The number of aliphatic hydroxyl groups is 1. The molecule has 0 bridgehead atoms. The van der Waals surface area contributed by atoms with Gasteiger partial charge in [0.2, 0.25) is 0 Å². The Morgan fingerprint density at radius 3 is 2.90 bits per heavy atom.